The van der Waals surface area contributed by atoms with Gasteiger partial charge in [-0.3, -0.25) is 0 Å². The van der Waals surface area contributed by atoms with Crippen molar-refractivity contribution >= 4 is 15.9 Å². The molecule has 0 heterocycles. The van der Waals surface area contributed by atoms with Gasteiger partial charge >= 0.3 is 0 Å². The van der Waals surface area contributed by atoms with E-state index in [2.05, 4.69) is 41.6 Å². The minimum Gasteiger partial charge on any atom is -0.0905 e. The van der Waals surface area contributed by atoms with Gasteiger partial charge in [0.2, 0.25) is 0 Å². The molecule has 57 valence electrons. The Bertz CT molecular complexity index is 264. The van der Waals surface area contributed by atoms with Crippen LogP contribution in [0.25, 0.3) is 0 Å². The first-order valence-electron chi connectivity index (χ1n) is 3.59. The third-order valence-corrected chi connectivity index (χ3v) is 2.14. The van der Waals surface area contributed by atoms with Gasteiger partial charge in [-0.15, -0.1) is 0 Å². The van der Waals surface area contributed by atoms with Gasteiger partial charge in [0.1, 0.15) is 0 Å². The van der Waals surface area contributed by atoms with Crippen molar-refractivity contribution in [3.05, 3.63) is 46.5 Å². The molecule has 0 spiro atoms. The van der Waals surface area contributed by atoms with E-state index >= 15 is 0 Å². The Hall–Kier alpha value is -0.560. The SMILES string of the molecule is C=[C]c1cc(Br)ccc1CC. The summed E-state index contributed by atoms with van der Waals surface area (Å²) in [6.45, 7) is 5.76. The lowest BCUT2D eigenvalue weighted by Crippen LogP contribution is -1.85. The maximum absolute atomic E-state index is 3.63. The zero-order chi connectivity index (χ0) is 8.27. The highest BCUT2D eigenvalue weighted by molar-refractivity contribution is 9.10. The molecule has 0 aliphatic heterocycles. The average Bonchev–Trinajstić information content (AvgIpc) is 2.04. The van der Waals surface area contributed by atoms with E-state index in [0.717, 1.165) is 16.5 Å². The molecule has 0 fully saturated rings. The minimum atomic E-state index is 1.03. The van der Waals surface area contributed by atoms with E-state index in [4.69, 9.17) is 0 Å². The van der Waals surface area contributed by atoms with E-state index in [1.165, 1.54) is 5.56 Å². The van der Waals surface area contributed by atoms with Gasteiger partial charge in [-0.2, -0.15) is 0 Å². The van der Waals surface area contributed by atoms with Crippen LogP contribution in [0, 0.1) is 6.08 Å². The number of hydrogen-bond acceptors (Lipinski definition) is 0. The van der Waals surface area contributed by atoms with Crippen molar-refractivity contribution in [1.29, 1.82) is 0 Å². The summed E-state index contributed by atoms with van der Waals surface area (Å²) in [5.74, 6) is 0. The molecular formula is C10H10Br. The molecule has 0 saturated carbocycles. The summed E-state index contributed by atoms with van der Waals surface area (Å²) >= 11 is 3.40. The van der Waals surface area contributed by atoms with Gasteiger partial charge in [-0.1, -0.05) is 35.5 Å². The monoisotopic (exact) mass is 209 g/mol. The van der Waals surface area contributed by atoms with Crippen LogP contribution in [0.2, 0.25) is 0 Å². The second-order valence-electron chi connectivity index (χ2n) is 2.33. The van der Waals surface area contributed by atoms with Gasteiger partial charge in [0.25, 0.3) is 0 Å². The largest absolute Gasteiger partial charge is 0.0905 e. The summed E-state index contributed by atoms with van der Waals surface area (Å²) in [7, 11) is 0. The highest BCUT2D eigenvalue weighted by Gasteiger charge is 1.96. The van der Waals surface area contributed by atoms with Crippen LogP contribution in [0.4, 0.5) is 0 Å². The number of rotatable bonds is 2. The molecule has 0 N–H and O–H groups in total. The average molecular weight is 210 g/mol. The molecule has 0 atom stereocenters. The third-order valence-electron chi connectivity index (χ3n) is 1.64. The Kier molecular flexibility index (Phi) is 2.89. The molecule has 0 nitrogen and oxygen atoms in total. The molecule has 0 aliphatic carbocycles. The van der Waals surface area contributed by atoms with Crippen molar-refractivity contribution in [2.24, 2.45) is 0 Å². The quantitative estimate of drug-likeness (QED) is 0.702. The van der Waals surface area contributed by atoms with Crippen molar-refractivity contribution < 1.29 is 0 Å². The van der Waals surface area contributed by atoms with Gasteiger partial charge in [-0.25, -0.2) is 0 Å². The molecular weight excluding hydrogens is 200 g/mol. The van der Waals surface area contributed by atoms with Crippen molar-refractivity contribution in [3.8, 4) is 0 Å². The summed E-state index contributed by atoms with van der Waals surface area (Å²) in [6, 6.07) is 6.17. The number of halogens is 1. The van der Waals surface area contributed by atoms with Gasteiger partial charge in [0, 0.05) is 4.47 Å². The fourth-order valence-electron chi connectivity index (χ4n) is 1.02. The summed E-state index contributed by atoms with van der Waals surface area (Å²) in [5.41, 5.74) is 2.39. The Morgan fingerprint density at radius 1 is 1.55 bits per heavy atom. The maximum Gasteiger partial charge on any atom is 0.0181 e. The maximum atomic E-state index is 3.63. The minimum absolute atomic E-state index is 1.03. The van der Waals surface area contributed by atoms with E-state index in [1.807, 2.05) is 12.1 Å². The van der Waals surface area contributed by atoms with E-state index in [9.17, 15) is 0 Å². The summed E-state index contributed by atoms with van der Waals surface area (Å²) < 4.78 is 1.08. The van der Waals surface area contributed by atoms with Gasteiger partial charge in [0.15, 0.2) is 0 Å². The van der Waals surface area contributed by atoms with E-state index in [0.29, 0.717) is 0 Å². The highest BCUT2D eigenvalue weighted by atomic mass is 79.9. The van der Waals surface area contributed by atoms with Crippen LogP contribution in [-0.2, 0) is 6.42 Å². The van der Waals surface area contributed by atoms with Gasteiger partial charge in [-0.05, 0) is 35.8 Å². The molecule has 0 bridgehead atoms. The molecule has 0 unspecified atom stereocenters. The predicted octanol–water partition coefficient (Wildman–Crippen LogP) is 3.35. The van der Waals surface area contributed by atoms with E-state index < -0.39 is 0 Å². The second-order valence-corrected chi connectivity index (χ2v) is 3.25. The lowest BCUT2D eigenvalue weighted by Gasteiger charge is -2.01. The predicted molar refractivity (Wildman–Crippen MR) is 51.5 cm³/mol. The normalized spacial score (nSPS) is 9.64. The number of benzene rings is 1. The lowest BCUT2D eigenvalue weighted by molar-refractivity contribution is 1.12. The van der Waals surface area contributed by atoms with E-state index in [1.54, 1.807) is 0 Å². The molecule has 0 amide bonds. The van der Waals surface area contributed by atoms with Crippen LogP contribution in [0.5, 0.6) is 0 Å². The van der Waals surface area contributed by atoms with Crippen molar-refractivity contribution in [1.82, 2.24) is 0 Å². The lowest BCUT2D eigenvalue weighted by atomic mass is 10.1. The summed E-state index contributed by atoms with van der Waals surface area (Å²) in [6.07, 6.45) is 3.94. The van der Waals surface area contributed by atoms with Crippen molar-refractivity contribution in [2.45, 2.75) is 13.3 Å². The Morgan fingerprint density at radius 2 is 2.27 bits per heavy atom. The smallest absolute Gasteiger partial charge is 0.0181 e. The van der Waals surface area contributed by atoms with Crippen molar-refractivity contribution in [2.75, 3.05) is 0 Å². The zero-order valence-corrected chi connectivity index (χ0v) is 8.11. The first-order valence-corrected chi connectivity index (χ1v) is 4.38. The summed E-state index contributed by atoms with van der Waals surface area (Å²) in [5, 5.41) is 0. The van der Waals surface area contributed by atoms with Crippen LogP contribution >= 0.6 is 15.9 Å². The third kappa shape index (κ3) is 1.93. The molecule has 0 saturated heterocycles. The topological polar surface area (TPSA) is 0 Å². The van der Waals surface area contributed by atoms with Crippen LogP contribution in [0.3, 0.4) is 0 Å². The van der Waals surface area contributed by atoms with Crippen LogP contribution < -0.4 is 0 Å². The number of aryl methyl sites for hydroxylation is 1. The molecule has 0 aliphatic rings. The van der Waals surface area contributed by atoms with Gasteiger partial charge < -0.3 is 0 Å². The van der Waals surface area contributed by atoms with Crippen LogP contribution in [0.15, 0.2) is 29.3 Å². The highest BCUT2D eigenvalue weighted by Crippen LogP contribution is 2.16. The first-order chi connectivity index (χ1) is 5.27. The molecule has 1 heteroatoms. The number of hydrogen-bond donors (Lipinski definition) is 0. The fraction of sp³-hybridized carbons (Fsp3) is 0.200. The standard InChI is InChI=1S/C10H10Br/c1-3-8-5-6-10(11)7-9(8)4-2/h5-7H,2-3H2,1H3. The molecule has 1 aromatic carbocycles. The summed E-state index contributed by atoms with van der Waals surface area (Å²) in [4.78, 5) is 0. The molecule has 1 rings (SSSR count). The van der Waals surface area contributed by atoms with Crippen molar-refractivity contribution in [3.63, 3.8) is 0 Å². The zero-order valence-electron chi connectivity index (χ0n) is 6.52. The van der Waals surface area contributed by atoms with Crippen LogP contribution in [-0.4, -0.2) is 0 Å². The molecule has 11 heavy (non-hydrogen) atoms. The Balaban J connectivity index is 3.16. The van der Waals surface area contributed by atoms with Gasteiger partial charge in [0.05, 0.1) is 0 Å². The fourth-order valence-corrected chi connectivity index (χ4v) is 1.38. The molecule has 1 aromatic rings. The second kappa shape index (κ2) is 3.72. The first kappa shape index (κ1) is 8.54. The Labute approximate surface area is 76.1 Å². The molecule has 0 aromatic heterocycles. The Morgan fingerprint density at radius 3 is 2.82 bits per heavy atom. The van der Waals surface area contributed by atoms with Crippen LogP contribution in [0.1, 0.15) is 18.1 Å². The van der Waals surface area contributed by atoms with E-state index in [-0.39, 0.29) is 0 Å². The molecule has 1 radical (unpaired) electrons.